The third-order valence-corrected chi connectivity index (χ3v) is 4.27. The van der Waals surface area contributed by atoms with Gasteiger partial charge in [0.1, 0.15) is 19.2 Å². The lowest BCUT2D eigenvalue weighted by atomic mass is 10.3. The molecule has 0 unspecified atom stereocenters. The first-order chi connectivity index (χ1) is 13.6. The molecule has 2 rings (SSSR count). The summed E-state index contributed by atoms with van der Waals surface area (Å²) in [6.45, 7) is 0.962. The summed E-state index contributed by atoms with van der Waals surface area (Å²) in [5.41, 5.74) is 1.23. The van der Waals surface area contributed by atoms with Gasteiger partial charge < -0.3 is 10.1 Å². The van der Waals surface area contributed by atoms with E-state index in [4.69, 9.17) is 5.26 Å². The van der Waals surface area contributed by atoms with Crippen molar-refractivity contribution in [1.29, 1.82) is 5.26 Å². The van der Waals surface area contributed by atoms with Crippen LogP contribution in [0.2, 0.25) is 0 Å². The van der Waals surface area contributed by atoms with E-state index in [0.717, 1.165) is 9.36 Å². The summed E-state index contributed by atoms with van der Waals surface area (Å²) in [5.74, 6) is -0.624. The number of halogens is 5. The van der Waals surface area contributed by atoms with Crippen molar-refractivity contribution in [3.05, 3.63) is 33.3 Å². The monoisotopic (exact) mass is 482 g/mol. The van der Waals surface area contributed by atoms with E-state index >= 15 is 0 Å². The van der Waals surface area contributed by atoms with E-state index in [1.54, 1.807) is 14.0 Å². The topological polar surface area (TPSA) is 97.8 Å². The lowest BCUT2D eigenvalue weighted by Gasteiger charge is -2.06. The number of carbonyl (C=O) groups is 1. The average molecular weight is 483 g/mol. The van der Waals surface area contributed by atoms with Gasteiger partial charge in [-0.2, -0.15) is 15.5 Å². The standard InChI is InChI=1S/C8H9BrF2N4.C8H10F2N2O2/c1-13-3-6-8(9)5(2-12)14-15(6)4-7(10)11;1-5-3-6(8(13)14-2)11-12(5)4-7(9)10/h7,13H,3-4H2,1H3;3,7H,4H2,1-2H3. The number of esters is 1. The minimum atomic E-state index is -2.49. The van der Waals surface area contributed by atoms with Crippen molar-refractivity contribution >= 4 is 21.9 Å². The Morgan fingerprint density at radius 1 is 1.28 bits per heavy atom. The van der Waals surface area contributed by atoms with Crippen molar-refractivity contribution in [1.82, 2.24) is 24.9 Å². The SMILES string of the molecule is CNCc1c(Br)c(C#N)nn1CC(F)F.COC(=O)c1cc(C)n(CC(F)F)n1. The van der Waals surface area contributed by atoms with Gasteiger partial charge in [-0.25, -0.2) is 22.4 Å². The number of nitriles is 1. The minimum Gasteiger partial charge on any atom is -0.464 e. The molecule has 160 valence electrons. The first-order valence-corrected chi connectivity index (χ1v) is 8.92. The van der Waals surface area contributed by atoms with Gasteiger partial charge >= 0.3 is 5.97 Å². The highest BCUT2D eigenvalue weighted by Crippen LogP contribution is 2.21. The summed E-state index contributed by atoms with van der Waals surface area (Å²) < 4.78 is 55.5. The van der Waals surface area contributed by atoms with Crippen molar-refractivity contribution in [2.75, 3.05) is 14.2 Å². The fraction of sp³-hybridized carbons (Fsp3) is 0.500. The molecule has 2 aromatic rings. The van der Waals surface area contributed by atoms with Crippen LogP contribution in [0.25, 0.3) is 0 Å². The second-order valence-corrected chi connectivity index (χ2v) is 6.35. The van der Waals surface area contributed by atoms with Crippen LogP contribution in [0.15, 0.2) is 10.5 Å². The summed E-state index contributed by atoms with van der Waals surface area (Å²) in [6.07, 6.45) is -4.97. The summed E-state index contributed by atoms with van der Waals surface area (Å²) >= 11 is 3.16. The van der Waals surface area contributed by atoms with Crippen LogP contribution in [-0.4, -0.2) is 52.5 Å². The van der Waals surface area contributed by atoms with E-state index in [9.17, 15) is 22.4 Å². The number of hydrogen-bond acceptors (Lipinski definition) is 6. The number of rotatable bonds is 7. The van der Waals surface area contributed by atoms with Crippen molar-refractivity contribution < 1.29 is 27.1 Å². The van der Waals surface area contributed by atoms with Gasteiger partial charge in [-0.15, -0.1) is 0 Å². The number of ether oxygens (including phenoxy) is 1. The van der Waals surface area contributed by atoms with E-state index in [-0.39, 0.29) is 11.4 Å². The highest BCUT2D eigenvalue weighted by atomic mass is 79.9. The first kappa shape index (κ1) is 24.6. The summed E-state index contributed by atoms with van der Waals surface area (Å²) in [4.78, 5) is 11.0. The van der Waals surface area contributed by atoms with Crippen LogP contribution in [0.4, 0.5) is 17.6 Å². The van der Waals surface area contributed by atoms with Gasteiger partial charge in [0.25, 0.3) is 12.9 Å². The largest absolute Gasteiger partial charge is 0.464 e. The number of nitrogens with one attached hydrogen (secondary N) is 1. The molecule has 29 heavy (non-hydrogen) atoms. The van der Waals surface area contributed by atoms with E-state index in [1.165, 1.54) is 13.2 Å². The summed E-state index contributed by atoms with van der Waals surface area (Å²) in [6, 6.07) is 3.25. The maximum absolute atomic E-state index is 12.2. The Hall–Kier alpha value is -2.46. The second kappa shape index (κ2) is 11.5. The summed E-state index contributed by atoms with van der Waals surface area (Å²) in [7, 11) is 2.90. The van der Waals surface area contributed by atoms with Gasteiger partial charge in [-0.1, -0.05) is 0 Å². The van der Waals surface area contributed by atoms with Crippen molar-refractivity contribution in [2.45, 2.75) is 39.4 Å². The number of methoxy groups -OCH3 is 1. The smallest absolute Gasteiger partial charge is 0.358 e. The Bertz CT molecular complexity index is 862. The van der Waals surface area contributed by atoms with Gasteiger partial charge in [0.2, 0.25) is 0 Å². The van der Waals surface area contributed by atoms with Crippen LogP contribution >= 0.6 is 15.9 Å². The van der Waals surface area contributed by atoms with Gasteiger partial charge in [0.15, 0.2) is 11.4 Å². The van der Waals surface area contributed by atoms with Crippen LogP contribution in [0.1, 0.15) is 27.6 Å². The van der Waals surface area contributed by atoms with Crippen molar-refractivity contribution in [2.24, 2.45) is 0 Å². The molecule has 0 aliphatic carbocycles. The molecule has 0 bridgehead atoms. The molecule has 0 spiro atoms. The molecule has 0 aromatic carbocycles. The van der Waals surface area contributed by atoms with Crippen LogP contribution in [0, 0.1) is 18.3 Å². The first-order valence-electron chi connectivity index (χ1n) is 8.13. The third kappa shape index (κ3) is 7.13. The summed E-state index contributed by atoms with van der Waals surface area (Å²) in [5, 5.41) is 19.0. The molecule has 0 saturated heterocycles. The zero-order valence-corrected chi connectivity index (χ0v) is 17.4. The van der Waals surface area contributed by atoms with Crippen LogP contribution < -0.4 is 5.32 Å². The third-order valence-electron chi connectivity index (χ3n) is 3.44. The van der Waals surface area contributed by atoms with Gasteiger partial charge in [0.05, 0.1) is 17.3 Å². The molecule has 2 aromatic heterocycles. The van der Waals surface area contributed by atoms with Crippen molar-refractivity contribution in [3.63, 3.8) is 0 Å². The molecular weight excluding hydrogens is 464 g/mol. The Kier molecular flexibility index (Phi) is 9.76. The second-order valence-electron chi connectivity index (χ2n) is 5.56. The van der Waals surface area contributed by atoms with E-state index in [0.29, 0.717) is 22.4 Å². The van der Waals surface area contributed by atoms with Gasteiger partial charge in [-0.3, -0.25) is 9.36 Å². The molecule has 0 fully saturated rings. The molecule has 8 nitrogen and oxygen atoms in total. The minimum absolute atomic E-state index is 0.0469. The van der Waals surface area contributed by atoms with E-state index in [1.807, 2.05) is 6.07 Å². The zero-order chi connectivity index (χ0) is 22.1. The molecule has 0 aliphatic heterocycles. The molecule has 0 atom stereocenters. The predicted molar refractivity (Wildman–Crippen MR) is 97.7 cm³/mol. The Morgan fingerprint density at radius 3 is 2.34 bits per heavy atom. The number of carbonyl (C=O) groups excluding carboxylic acids is 1. The fourth-order valence-corrected chi connectivity index (χ4v) is 2.71. The van der Waals surface area contributed by atoms with E-state index in [2.05, 4.69) is 36.2 Å². The van der Waals surface area contributed by atoms with Crippen LogP contribution in [-0.2, 0) is 24.4 Å². The predicted octanol–water partition coefficient (Wildman–Crippen LogP) is 2.75. The Labute approximate surface area is 172 Å². The Balaban J connectivity index is 0.000000291. The van der Waals surface area contributed by atoms with E-state index < -0.39 is 31.9 Å². The molecule has 13 heteroatoms. The number of nitrogens with zero attached hydrogens (tertiary/aromatic N) is 5. The molecule has 0 amide bonds. The van der Waals surface area contributed by atoms with Crippen LogP contribution in [0.5, 0.6) is 0 Å². The Morgan fingerprint density at radius 2 is 1.86 bits per heavy atom. The molecule has 0 aliphatic rings. The number of alkyl halides is 4. The molecule has 0 radical (unpaired) electrons. The number of aromatic nitrogens is 4. The maximum atomic E-state index is 12.2. The lowest BCUT2D eigenvalue weighted by Crippen LogP contribution is -2.16. The van der Waals surface area contributed by atoms with Gasteiger partial charge in [-0.05, 0) is 36.0 Å². The quantitative estimate of drug-likeness (QED) is 0.481. The fourth-order valence-electron chi connectivity index (χ4n) is 2.19. The average Bonchev–Trinajstić information content (AvgIpc) is 3.15. The maximum Gasteiger partial charge on any atom is 0.358 e. The van der Waals surface area contributed by atoms with Crippen LogP contribution in [0.3, 0.4) is 0 Å². The lowest BCUT2D eigenvalue weighted by molar-refractivity contribution is 0.0590. The molecule has 2 heterocycles. The molecule has 1 N–H and O–H groups in total. The highest BCUT2D eigenvalue weighted by Gasteiger charge is 2.17. The normalized spacial score (nSPS) is 10.7. The van der Waals surface area contributed by atoms with Crippen molar-refractivity contribution in [3.8, 4) is 6.07 Å². The van der Waals surface area contributed by atoms with Gasteiger partial charge in [0, 0.05) is 12.2 Å². The zero-order valence-electron chi connectivity index (χ0n) is 15.8. The number of aryl methyl sites for hydroxylation is 1. The highest BCUT2D eigenvalue weighted by molar-refractivity contribution is 9.10. The number of hydrogen-bond donors (Lipinski definition) is 1. The molecule has 0 saturated carbocycles. The molecular formula is C16H19BrF4N6O2.